The average Bonchev–Trinajstić information content (AvgIpc) is 2.33. The molecule has 0 saturated carbocycles. The number of hydrogen-bond donors (Lipinski definition) is 1. The largest absolute Gasteiger partial charge is 0.507 e. The third kappa shape index (κ3) is 3.79. The summed E-state index contributed by atoms with van der Waals surface area (Å²) < 4.78 is 0. The molecule has 1 N–H and O–H groups in total. The molecule has 1 rings (SSSR count). The summed E-state index contributed by atoms with van der Waals surface area (Å²) in [4.78, 5) is 13.8. The molecule has 0 aliphatic carbocycles. The van der Waals surface area contributed by atoms with E-state index in [0.29, 0.717) is 5.02 Å². The van der Waals surface area contributed by atoms with E-state index in [0.717, 1.165) is 13.1 Å². The smallest absolute Gasteiger partial charge is 0.191 e. The molecule has 0 aliphatic rings. The number of benzene rings is 1. The second kappa shape index (κ2) is 6.30. The van der Waals surface area contributed by atoms with E-state index < -0.39 is 0 Å². The fraction of sp³-hybridized carbons (Fsp3) is 0.308. The molecule has 0 bridgehead atoms. The van der Waals surface area contributed by atoms with Gasteiger partial charge in [0.2, 0.25) is 0 Å². The van der Waals surface area contributed by atoms with Gasteiger partial charge in [0.15, 0.2) is 5.78 Å². The third-order valence-electron chi connectivity index (χ3n) is 2.47. The first-order chi connectivity index (χ1) is 8.08. The van der Waals surface area contributed by atoms with Gasteiger partial charge in [-0.2, -0.15) is 0 Å². The zero-order valence-corrected chi connectivity index (χ0v) is 10.7. The van der Waals surface area contributed by atoms with E-state index in [4.69, 9.17) is 11.6 Å². The van der Waals surface area contributed by atoms with Crippen molar-refractivity contribution in [3.63, 3.8) is 0 Å². The summed E-state index contributed by atoms with van der Waals surface area (Å²) in [7, 11) is 0. The Balaban J connectivity index is 2.86. The van der Waals surface area contributed by atoms with E-state index in [9.17, 15) is 9.90 Å². The number of halogens is 1. The number of allylic oxidation sites excluding steroid dienone is 1. The summed E-state index contributed by atoms with van der Waals surface area (Å²) in [5, 5.41) is 9.99. The molecule has 1 aromatic carbocycles. The van der Waals surface area contributed by atoms with E-state index in [1.807, 2.05) is 18.7 Å². The number of ketones is 1. The highest BCUT2D eigenvalue weighted by atomic mass is 35.5. The van der Waals surface area contributed by atoms with Crippen LogP contribution in [0.25, 0.3) is 0 Å². The van der Waals surface area contributed by atoms with E-state index in [-0.39, 0.29) is 17.1 Å². The van der Waals surface area contributed by atoms with E-state index >= 15 is 0 Å². The van der Waals surface area contributed by atoms with Gasteiger partial charge in [-0.05, 0) is 32.0 Å². The lowest BCUT2D eigenvalue weighted by Crippen LogP contribution is -2.15. The van der Waals surface area contributed by atoms with Crippen molar-refractivity contribution < 1.29 is 9.90 Å². The van der Waals surface area contributed by atoms with E-state index in [1.165, 1.54) is 18.2 Å². The van der Waals surface area contributed by atoms with Crippen molar-refractivity contribution in [3.8, 4) is 5.75 Å². The molecule has 0 aliphatic heterocycles. The summed E-state index contributed by atoms with van der Waals surface area (Å²) in [6.07, 6.45) is 3.17. The minimum atomic E-state index is -0.253. The number of carbonyl (C=O) groups excluding carboxylic acids is 1. The van der Waals surface area contributed by atoms with Crippen LogP contribution in [0, 0.1) is 0 Å². The molecule has 3 nitrogen and oxygen atoms in total. The maximum Gasteiger partial charge on any atom is 0.191 e. The molecular weight excluding hydrogens is 238 g/mol. The average molecular weight is 254 g/mol. The molecule has 0 radical (unpaired) electrons. The van der Waals surface area contributed by atoms with Crippen LogP contribution in [0.5, 0.6) is 5.75 Å². The highest BCUT2D eigenvalue weighted by Gasteiger charge is 2.08. The second-order valence-electron chi connectivity index (χ2n) is 3.56. The Hall–Kier alpha value is -1.48. The van der Waals surface area contributed by atoms with Crippen LogP contribution in [0.4, 0.5) is 0 Å². The Morgan fingerprint density at radius 1 is 1.41 bits per heavy atom. The molecule has 0 amide bonds. The molecule has 0 heterocycles. The van der Waals surface area contributed by atoms with Gasteiger partial charge >= 0.3 is 0 Å². The summed E-state index contributed by atoms with van der Waals surface area (Å²) in [5.41, 5.74) is 0.223. The van der Waals surface area contributed by atoms with Crippen LogP contribution in [0.1, 0.15) is 24.2 Å². The van der Waals surface area contributed by atoms with Gasteiger partial charge in [-0.25, -0.2) is 0 Å². The summed E-state index contributed by atoms with van der Waals surface area (Å²) >= 11 is 5.78. The van der Waals surface area contributed by atoms with Crippen molar-refractivity contribution in [1.82, 2.24) is 4.90 Å². The first-order valence-electron chi connectivity index (χ1n) is 5.53. The lowest BCUT2D eigenvalue weighted by atomic mass is 10.1. The molecule has 1 aromatic rings. The Kier molecular flexibility index (Phi) is 5.04. The predicted octanol–water partition coefficient (Wildman–Crippen LogP) is 3.08. The predicted molar refractivity (Wildman–Crippen MR) is 69.5 cm³/mol. The molecule has 0 spiro atoms. The van der Waals surface area contributed by atoms with Crippen LogP contribution < -0.4 is 0 Å². The zero-order chi connectivity index (χ0) is 12.8. The standard InChI is InChI=1S/C13H16ClNO2/c1-3-15(4-2)8-7-13(17)11-9-10(14)5-6-12(11)16/h5-9,16H,3-4H2,1-2H3. The highest BCUT2D eigenvalue weighted by Crippen LogP contribution is 2.22. The van der Waals surface area contributed by atoms with Crippen molar-refractivity contribution in [2.24, 2.45) is 0 Å². The first kappa shape index (κ1) is 13.6. The Labute approximate surface area is 106 Å². The number of rotatable bonds is 5. The SMILES string of the molecule is CCN(C=CC(=O)c1cc(Cl)ccc1O)CC. The minimum Gasteiger partial charge on any atom is -0.507 e. The van der Waals surface area contributed by atoms with Gasteiger partial charge in [-0.3, -0.25) is 4.79 Å². The van der Waals surface area contributed by atoms with Crippen molar-refractivity contribution in [2.75, 3.05) is 13.1 Å². The van der Waals surface area contributed by atoms with Crippen molar-refractivity contribution >= 4 is 17.4 Å². The first-order valence-corrected chi connectivity index (χ1v) is 5.91. The van der Waals surface area contributed by atoms with Crippen LogP contribution in [0.2, 0.25) is 5.02 Å². The van der Waals surface area contributed by atoms with Gasteiger partial charge in [0, 0.05) is 30.4 Å². The maximum atomic E-state index is 11.8. The Bertz CT molecular complexity index is 425. The Morgan fingerprint density at radius 2 is 2.06 bits per heavy atom. The number of phenols is 1. The second-order valence-corrected chi connectivity index (χ2v) is 4.00. The zero-order valence-electron chi connectivity index (χ0n) is 9.98. The van der Waals surface area contributed by atoms with Crippen LogP contribution in [0.3, 0.4) is 0 Å². The summed E-state index contributed by atoms with van der Waals surface area (Å²) in [5.74, 6) is -0.305. The quantitative estimate of drug-likeness (QED) is 0.648. The number of hydrogen-bond acceptors (Lipinski definition) is 3. The number of nitrogens with zero attached hydrogens (tertiary/aromatic N) is 1. The van der Waals surface area contributed by atoms with Crippen molar-refractivity contribution in [3.05, 3.63) is 41.1 Å². The van der Waals surface area contributed by atoms with Gasteiger partial charge in [-0.1, -0.05) is 11.6 Å². The summed E-state index contributed by atoms with van der Waals surface area (Å²) in [6.45, 7) is 5.69. The van der Waals surface area contributed by atoms with E-state index in [2.05, 4.69) is 0 Å². The van der Waals surface area contributed by atoms with Crippen LogP contribution >= 0.6 is 11.6 Å². The minimum absolute atomic E-state index is 0.0522. The molecule has 0 fully saturated rings. The normalized spacial score (nSPS) is 10.8. The molecule has 0 aromatic heterocycles. The van der Waals surface area contributed by atoms with Crippen molar-refractivity contribution in [1.29, 1.82) is 0 Å². The third-order valence-corrected chi connectivity index (χ3v) is 2.71. The monoisotopic (exact) mass is 253 g/mol. The fourth-order valence-corrected chi connectivity index (χ4v) is 1.58. The van der Waals surface area contributed by atoms with Crippen LogP contribution in [0.15, 0.2) is 30.5 Å². The van der Waals surface area contributed by atoms with Gasteiger partial charge < -0.3 is 10.0 Å². The van der Waals surface area contributed by atoms with E-state index in [1.54, 1.807) is 12.3 Å². The van der Waals surface area contributed by atoms with Crippen LogP contribution in [-0.2, 0) is 0 Å². The van der Waals surface area contributed by atoms with Gasteiger partial charge in [0.25, 0.3) is 0 Å². The molecular formula is C13H16ClNO2. The molecule has 0 unspecified atom stereocenters. The number of carbonyl (C=O) groups is 1. The van der Waals surface area contributed by atoms with Crippen molar-refractivity contribution in [2.45, 2.75) is 13.8 Å². The maximum absolute atomic E-state index is 11.8. The topological polar surface area (TPSA) is 40.5 Å². The lowest BCUT2D eigenvalue weighted by Gasteiger charge is -2.14. The lowest BCUT2D eigenvalue weighted by molar-refractivity contribution is 0.104. The van der Waals surface area contributed by atoms with Gasteiger partial charge in [0.1, 0.15) is 5.75 Å². The molecule has 4 heteroatoms. The van der Waals surface area contributed by atoms with Gasteiger partial charge in [0.05, 0.1) is 5.56 Å². The number of aromatic hydroxyl groups is 1. The number of phenolic OH excluding ortho intramolecular Hbond substituents is 1. The highest BCUT2D eigenvalue weighted by molar-refractivity contribution is 6.31. The molecule has 0 saturated heterocycles. The van der Waals surface area contributed by atoms with Gasteiger partial charge in [-0.15, -0.1) is 0 Å². The molecule has 0 atom stereocenters. The van der Waals surface area contributed by atoms with Crippen LogP contribution in [-0.4, -0.2) is 28.9 Å². The fourth-order valence-electron chi connectivity index (χ4n) is 1.40. The molecule has 92 valence electrons. The Morgan fingerprint density at radius 3 is 2.65 bits per heavy atom. The molecule has 17 heavy (non-hydrogen) atoms. The summed E-state index contributed by atoms with van der Waals surface area (Å²) in [6, 6.07) is 4.42.